The van der Waals surface area contributed by atoms with Crippen molar-refractivity contribution in [1.82, 2.24) is 0 Å². The lowest BCUT2D eigenvalue weighted by molar-refractivity contribution is 0.460. The monoisotopic (exact) mass is 318 g/mol. The first-order valence-corrected chi connectivity index (χ1v) is 7.19. The molecule has 0 aliphatic rings. The van der Waals surface area contributed by atoms with Crippen molar-refractivity contribution in [2.75, 3.05) is 0 Å². The summed E-state index contributed by atoms with van der Waals surface area (Å²) in [7, 11) is 0. The third-order valence-corrected chi connectivity index (χ3v) is 4.02. The van der Waals surface area contributed by atoms with Crippen molar-refractivity contribution >= 4 is 35.0 Å². The van der Waals surface area contributed by atoms with Gasteiger partial charge in [-0.3, -0.25) is 0 Å². The predicted octanol–water partition coefficient (Wildman–Crippen LogP) is 6.25. The van der Waals surface area contributed by atoms with E-state index in [-0.39, 0.29) is 0 Å². The Morgan fingerprint density at radius 2 is 1.00 bits per heavy atom. The molecule has 0 heterocycles. The molecule has 0 saturated heterocycles. The first-order valence-electron chi connectivity index (χ1n) is 5.50. The number of halogens is 4. The molecule has 100 valence electrons. The minimum absolute atomic E-state index is 0.434. The number of hydrogen-bond acceptors (Lipinski definition) is 1. The number of alkyl halides is 4. The van der Waals surface area contributed by atoms with Gasteiger partial charge in [0.2, 0.25) is 0 Å². The van der Waals surface area contributed by atoms with E-state index >= 15 is 0 Å². The highest BCUT2D eigenvalue weighted by Gasteiger charge is 2.06. The largest absolute Gasteiger partial charge is 0.225 e. The van der Waals surface area contributed by atoms with Crippen molar-refractivity contribution in [3.63, 3.8) is 0 Å². The molecule has 2 atom stereocenters. The summed E-state index contributed by atoms with van der Waals surface area (Å²) >= 11 is 12.2. The van der Waals surface area contributed by atoms with Crippen LogP contribution < -0.4 is 0 Å². The van der Waals surface area contributed by atoms with E-state index in [0.717, 1.165) is 9.79 Å². The first-order chi connectivity index (χ1) is 9.06. The summed E-state index contributed by atoms with van der Waals surface area (Å²) in [6.07, 6.45) is 0. The SMILES string of the molecule is FC(Cl)c1ccc(Sc2ccc(C(F)Cl)cc2)cc1. The van der Waals surface area contributed by atoms with Gasteiger partial charge in [-0.25, -0.2) is 8.78 Å². The minimum atomic E-state index is -1.48. The molecule has 0 spiro atoms. The predicted molar refractivity (Wildman–Crippen MR) is 76.4 cm³/mol. The zero-order valence-electron chi connectivity index (χ0n) is 9.69. The van der Waals surface area contributed by atoms with Gasteiger partial charge >= 0.3 is 0 Å². The number of hydrogen-bond donors (Lipinski definition) is 0. The molecule has 0 fully saturated rings. The van der Waals surface area contributed by atoms with E-state index in [0.29, 0.717) is 11.1 Å². The highest BCUT2D eigenvalue weighted by Crippen LogP contribution is 2.31. The Morgan fingerprint density at radius 1 is 0.684 bits per heavy atom. The standard InChI is InChI=1S/C14H10Cl2F2S/c15-13(17)9-1-5-11(6-2-9)19-12-7-3-10(4-8-12)14(16)18/h1-8,13-14H. The molecule has 0 N–H and O–H groups in total. The molecule has 2 rings (SSSR count). The highest BCUT2D eigenvalue weighted by atomic mass is 35.5. The van der Waals surface area contributed by atoms with Gasteiger partial charge in [0.15, 0.2) is 11.3 Å². The van der Waals surface area contributed by atoms with Crippen LogP contribution in [0.3, 0.4) is 0 Å². The van der Waals surface area contributed by atoms with Crippen LogP contribution in [0.15, 0.2) is 58.3 Å². The molecule has 19 heavy (non-hydrogen) atoms. The van der Waals surface area contributed by atoms with E-state index in [1.165, 1.54) is 11.8 Å². The summed E-state index contributed by atoms with van der Waals surface area (Å²) in [6, 6.07) is 13.8. The lowest BCUT2D eigenvalue weighted by Gasteiger charge is -2.05. The van der Waals surface area contributed by atoms with Gasteiger partial charge in [-0.2, -0.15) is 0 Å². The molecule has 2 aromatic carbocycles. The van der Waals surface area contributed by atoms with Crippen LogP contribution in [0.2, 0.25) is 0 Å². The Morgan fingerprint density at radius 3 is 1.26 bits per heavy atom. The second kappa shape index (κ2) is 6.60. The van der Waals surface area contributed by atoms with Crippen molar-refractivity contribution in [1.29, 1.82) is 0 Å². The van der Waals surface area contributed by atoms with Crippen LogP contribution in [0.4, 0.5) is 8.78 Å². The van der Waals surface area contributed by atoms with E-state index in [1.54, 1.807) is 48.5 Å². The van der Waals surface area contributed by atoms with Gasteiger partial charge in [0, 0.05) is 20.9 Å². The molecule has 0 amide bonds. The Labute approximate surface area is 124 Å². The number of benzene rings is 2. The molecule has 2 unspecified atom stereocenters. The van der Waals surface area contributed by atoms with Crippen molar-refractivity contribution in [3.8, 4) is 0 Å². The van der Waals surface area contributed by atoms with E-state index in [1.807, 2.05) is 0 Å². The van der Waals surface area contributed by atoms with Crippen LogP contribution in [-0.4, -0.2) is 0 Å². The molecule has 0 nitrogen and oxygen atoms in total. The Kier molecular flexibility index (Phi) is 5.08. The molecule has 0 bridgehead atoms. The Bertz CT molecular complexity index is 475. The van der Waals surface area contributed by atoms with Gasteiger partial charge in [0.25, 0.3) is 0 Å². The quantitative estimate of drug-likeness (QED) is 0.600. The third kappa shape index (κ3) is 4.10. The maximum Gasteiger partial charge on any atom is 0.198 e. The Hall–Kier alpha value is -0.770. The molecule has 0 saturated carbocycles. The summed E-state index contributed by atoms with van der Waals surface area (Å²) in [5.41, 5.74) is -2.10. The minimum Gasteiger partial charge on any atom is -0.225 e. The van der Waals surface area contributed by atoms with Crippen molar-refractivity contribution in [3.05, 3.63) is 59.7 Å². The second-order valence-electron chi connectivity index (χ2n) is 3.84. The molecule has 0 aliphatic heterocycles. The molecule has 0 aliphatic carbocycles. The van der Waals surface area contributed by atoms with Crippen LogP contribution in [-0.2, 0) is 0 Å². The van der Waals surface area contributed by atoms with Crippen LogP contribution in [0.5, 0.6) is 0 Å². The summed E-state index contributed by atoms with van der Waals surface area (Å²) in [5, 5.41) is 0. The van der Waals surface area contributed by atoms with Crippen LogP contribution in [0.25, 0.3) is 0 Å². The summed E-state index contributed by atoms with van der Waals surface area (Å²) in [6.45, 7) is 0. The van der Waals surface area contributed by atoms with Gasteiger partial charge in [0.1, 0.15) is 0 Å². The summed E-state index contributed by atoms with van der Waals surface area (Å²) in [5.74, 6) is 0. The molecule has 0 radical (unpaired) electrons. The van der Waals surface area contributed by atoms with Crippen LogP contribution in [0.1, 0.15) is 22.4 Å². The van der Waals surface area contributed by atoms with Gasteiger partial charge in [0.05, 0.1) is 0 Å². The van der Waals surface area contributed by atoms with Crippen molar-refractivity contribution in [2.24, 2.45) is 0 Å². The smallest absolute Gasteiger partial charge is 0.198 e. The number of rotatable bonds is 4. The van der Waals surface area contributed by atoms with Gasteiger partial charge in [-0.15, -0.1) is 0 Å². The summed E-state index contributed by atoms with van der Waals surface area (Å²) in [4.78, 5) is 1.91. The van der Waals surface area contributed by atoms with Gasteiger partial charge < -0.3 is 0 Å². The fraction of sp³-hybridized carbons (Fsp3) is 0.143. The van der Waals surface area contributed by atoms with Gasteiger partial charge in [-0.05, 0) is 24.3 Å². The molecular weight excluding hydrogens is 309 g/mol. The first kappa shape index (κ1) is 14.6. The molecule has 0 aromatic heterocycles. The second-order valence-corrected chi connectivity index (χ2v) is 5.75. The topological polar surface area (TPSA) is 0 Å². The normalized spacial score (nSPS) is 14.1. The lowest BCUT2D eigenvalue weighted by atomic mass is 10.2. The van der Waals surface area contributed by atoms with E-state index in [2.05, 4.69) is 0 Å². The highest BCUT2D eigenvalue weighted by molar-refractivity contribution is 7.99. The van der Waals surface area contributed by atoms with E-state index in [4.69, 9.17) is 23.2 Å². The summed E-state index contributed by atoms with van der Waals surface area (Å²) < 4.78 is 25.6. The van der Waals surface area contributed by atoms with E-state index < -0.39 is 11.3 Å². The zero-order chi connectivity index (χ0) is 13.8. The maximum atomic E-state index is 12.8. The third-order valence-electron chi connectivity index (χ3n) is 2.50. The van der Waals surface area contributed by atoms with Crippen LogP contribution in [0, 0.1) is 0 Å². The average Bonchev–Trinajstić information content (AvgIpc) is 2.40. The molecular formula is C14H10Cl2F2S. The van der Waals surface area contributed by atoms with E-state index in [9.17, 15) is 8.78 Å². The fourth-order valence-electron chi connectivity index (χ4n) is 1.50. The average molecular weight is 319 g/mol. The van der Waals surface area contributed by atoms with Crippen molar-refractivity contribution in [2.45, 2.75) is 21.1 Å². The Balaban J connectivity index is 2.08. The molecule has 2 aromatic rings. The lowest BCUT2D eigenvalue weighted by Crippen LogP contribution is -1.83. The van der Waals surface area contributed by atoms with Crippen molar-refractivity contribution < 1.29 is 8.78 Å². The maximum absolute atomic E-state index is 12.8. The zero-order valence-corrected chi connectivity index (χ0v) is 12.0. The fourth-order valence-corrected chi connectivity index (χ4v) is 2.61. The molecule has 5 heteroatoms. The van der Waals surface area contributed by atoms with Crippen LogP contribution >= 0.6 is 35.0 Å². The van der Waals surface area contributed by atoms with Gasteiger partial charge in [-0.1, -0.05) is 59.2 Å².